The number of methoxy groups -OCH3 is 1. The number of benzene rings is 2. The molecular formula is C27H30N2O6. The summed E-state index contributed by atoms with van der Waals surface area (Å²) < 4.78 is 9.86. The summed E-state index contributed by atoms with van der Waals surface area (Å²) in [4.78, 5) is 36.5. The number of aliphatic hydroxyl groups is 1. The van der Waals surface area contributed by atoms with Gasteiger partial charge in [-0.15, -0.1) is 0 Å². The van der Waals surface area contributed by atoms with E-state index < -0.39 is 29.6 Å². The van der Waals surface area contributed by atoms with E-state index in [2.05, 4.69) is 22.5 Å². The molecule has 184 valence electrons. The fraction of sp³-hybridized carbons (Fsp3) is 0.296. The van der Waals surface area contributed by atoms with Crippen LogP contribution in [0.4, 0.5) is 4.79 Å². The zero-order chi connectivity index (χ0) is 25.8. The number of ether oxygens (including phenoxy) is 2. The molecule has 0 aromatic heterocycles. The van der Waals surface area contributed by atoms with Crippen molar-refractivity contribution in [3.8, 4) is 11.8 Å². The van der Waals surface area contributed by atoms with Gasteiger partial charge in [-0.25, -0.2) is 9.59 Å². The Bertz CT molecular complexity index is 1100. The van der Waals surface area contributed by atoms with E-state index in [0.29, 0.717) is 11.1 Å². The molecule has 0 unspecified atom stereocenters. The highest BCUT2D eigenvalue weighted by Crippen LogP contribution is 2.08. The van der Waals surface area contributed by atoms with E-state index in [9.17, 15) is 14.4 Å². The first-order valence-corrected chi connectivity index (χ1v) is 10.9. The molecule has 2 amide bonds. The summed E-state index contributed by atoms with van der Waals surface area (Å²) in [5, 5.41) is 14.1. The largest absolute Gasteiger partial charge is 0.467 e. The number of carbonyl (C=O) groups excluding carboxylic acids is 3. The molecule has 0 aliphatic rings. The van der Waals surface area contributed by atoms with E-state index >= 15 is 0 Å². The molecule has 8 heteroatoms. The number of hydrogen-bond donors (Lipinski definition) is 3. The van der Waals surface area contributed by atoms with Gasteiger partial charge < -0.3 is 25.2 Å². The summed E-state index contributed by atoms with van der Waals surface area (Å²) in [7, 11) is 1.20. The van der Waals surface area contributed by atoms with Crippen molar-refractivity contribution in [2.24, 2.45) is 0 Å². The maximum atomic E-state index is 12.6. The molecule has 0 saturated carbocycles. The molecule has 2 aromatic carbocycles. The van der Waals surface area contributed by atoms with Crippen molar-refractivity contribution in [2.75, 3.05) is 13.7 Å². The molecule has 0 radical (unpaired) electrons. The number of hydrogen-bond acceptors (Lipinski definition) is 6. The third-order valence-corrected chi connectivity index (χ3v) is 4.53. The van der Waals surface area contributed by atoms with Gasteiger partial charge in [0, 0.05) is 11.1 Å². The fourth-order valence-corrected chi connectivity index (χ4v) is 2.78. The number of nitrogens with one attached hydrogen (secondary N) is 2. The van der Waals surface area contributed by atoms with E-state index in [1.54, 1.807) is 51.1 Å². The number of allylic oxidation sites excluding steroid dienone is 1. The fourth-order valence-electron chi connectivity index (χ4n) is 2.78. The van der Waals surface area contributed by atoms with E-state index in [-0.39, 0.29) is 13.2 Å². The minimum absolute atomic E-state index is 0.00410. The van der Waals surface area contributed by atoms with E-state index in [1.165, 1.54) is 7.11 Å². The molecular weight excluding hydrogens is 448 g/mol. The van der Waals surface area contributed by atoms with Crippen LogP contribution in [-0.4, -0.2) is 48.4 Å². The van der Waals surface area contributed by atoms with Crippen molar-refractivity contribution >= 4 is 24.0 Å². The Balaban J connectivity index is 1.96. The first kappa shape index (κ1) is 27.2. The molecule has 35 heavy (non-hydrogen) atoms. The summed E-state index contributed by atoms with van der Waals surface area (Å²) in [5.74, 6) is 4.71. The average Bonchev–Trinajstić information content (AvgIpc) is 2.83. The predicted molar refractivity (Wildman–Crippen MR) is 132 cm³/mol. The summed E-state index contributed by atoms with van der Waals surface area (Å²) in [6.45, 7) is 4.96. The summed E-state index contributed by atoms with van der Waals surface area (Å²) >= 11 is 0. The lowest BCUT2D eigenvalue weighted by atomic mass is 10.1. The molecule has 0 saturated heterocycles. The SMILES string of the molecule is COC(=O)[C@H](CNC(=O)OC(C)(C)C)NC(=O)c1ccc(C#CC=Cc2ccc(CO)cc2)cc1. The topological polar surface area (TPSA) is 114 Å². The Kier molecular flexibility index (Phi) is 10.1. The number of amides is 2. The van der Waals surface area contributed by atoms with E-state index in [0.717, 1.165) is 11.1 Å². The number of aliphatic hydroxyl groups excluding tert-OH is 1. The van der Waals surface area contributed by atoms with Crippen LogP contribution in [0, 0.1) is 11.8 Å². The van der Waals surface area contributed by atoms with Crippen LogP contribution in [0.15, 0.2) is 54.6 Å². The Hall–Kier alpha value is -4.09. The lowest BCUT2D eigenvalue weighted by Gasteiger charge is -2.21. The molecule has 0 aliphatic carbocycles. The van der Waals surface area contributed by atoms with Crippen molar-refractivity contribution in [3.63, 3.8) is 0 Å². The highest BCUT2D eigenvalue weighted by atomic mass is 16.6. The lowest BCUT2D eigenvalue weighted by Crippen LogP contribution is -2.49. The van der Waals surface area contributed by atoms with Crippen molar-refractivity contribution in [1.29, 1.82) is 0 Å². The van der Waals surface area contributed by atoms with Gasteiger partial charge >= 0.3 is 12.1 Å². The monoisotopic (exact) mass is 478 g/mol. The van der Waals surface area contributed by atoms with Crippen molar-refractivity contribution in [1.82, 2.24) is 10.6 Å². The van der Waals surface area contributed by atoms with Crippen molar-refractivity contribution in [2.45, 2.75) is 39.0 Å². The van der Waals surface area contributed by atoms with Gasteiger partial charge in [-0.05, 0) is 68.3 Å². The van der Waals surface area contributed by atoms with Crippen molar-refractivity contribution < 1.29 is 29.0 Å². The van der Waals surface area contributed by atoms with Crippen LogP contribution in [0.5, 0.6) is 0 Å². The lowest BCUT2D eigenvalue weighted by molar-refractivity contribution is -0.142. The molecule has 1 atom stereocenters. The van der Waals surface area contributed by atoms with Crippen LogP contribution >= 0.6 is 0 Å². The highest BCUT2D eigenvalue weighted by Gasteiger charge is 2.24. The number of carbonyl (C=O) groups is 3. The van der Waals surface area contributed by atoms with Crippen LogP contribution in [0.3, 0.4) is 0 Å². The van der Waals surface area contributed by atoms with Crippen LogP contribution < -0.4 is 10.6 Å². The maximum absolute atomic E-state index is 12.6. The molecule has 2 aromatic rings. The summed E-state index contributed by atoms with van der Waals surface area (Å²) in [6, 6.07) is 12.9. The van der Waals surface area contributed by atoms with Crippen LogP contribution in [-0.2, 0) is 20.9 Å². The van der Waals surface area contributed by atoms with Gasteiger partial charge in [0.15, 0.2) is 0 Å². The molecule has 0 aliphatic heterocycles. The Morgan fingerprint density at radius 1 is 1.06 bits per heavy atom. The summed E-state index contributed by atoms with van der Waals surface area (Å²) in [6.07, 6.45) is 2.86. The molecule has 8 nitrogen and oxygen atoms in total. The molecule has 0 heterocycles. The normalized spacial score (nSPS) is 11.7. The molecule has 3 N–H and O–H groups in total. The van der Waals surface area contributed by atoms with Crippen LogP contribution in [0.2, 0.25) is 0 Å². The van der Waals surface area contributed by atoms with Crippen molar-refractivity contribution in [3.05, 3.63) is 76.9 Å². The number of rotatable bonds is 7. The van der Waals surface area contributed by atoms with Gasteiger partial charge in [-0.3, -0.25) is 4.79 Å². The third kappa shape index (κ3) is 9.74. The zero-order valence-electron chi connectivity index (χ0n) is 20.3. The molecule has 0 bridgehead atoms. The van der Waals surface area contributed by atoms with Crippen LogP contribution in [0.1, 0.15) is 47.8 Å². The second-order valence-electron chi connectivity index (χ2n) is 8.51. The second-order valence-corrected chi connectivity index (χ2v) is 8.51. The first-order valence-electron chi connectivity index (χ1n) is 10.9. The Labute approximate surface area is 205 Å². The zero-order valence-corrected chi connectivity index (χ0v) is 20.3. The third-order valence-electron chi connectivity index (χ3n) is 4.53. The average molecular weight is 479 g/mol. The highest BCUT2D eigenvalue weighted by molar-refractivity contribution is 5.97. The Morgan fingerprint density at radius 2 is 1.71 bits per heavy atom. The van der Waals surface area contributed by atoms with Gasteiger partial charge in [-0.2, -0.15) is 0 Å². The van der Waals surface area contributed by atoms with E-state index in [4.69, 9.17) is 14.6 Å². The number of alkyl carbamates (subject to hydrolysis) is 1. The Morgan fingerprint density at radius 3 is 2.29 bits per heavy atom. The first-order chi connectivity index (χ1) is 16.6. The van der Waals surface area contributed by atoms with E-state index in [1.807, 2.05) is 30.3 Å². The molecule has 0 spiro atoms. The standard InChI is InChI=1S/C27H30N2O6/c1-27(2,3)35-26(33)28-17-23(25(32)34-4)29-24(31)22-15-13-20(14-16-22)8-6-5-7-19-9-11-21(18-30)12-10-19/h5,7,9-16,23,30H,17-18H2,1-4H3,(H,28,33)(H,29,31)/t23-/m0/s1. The molecule has 0 fully saturated rings. The van der Waals surface area contributed by atoms with Gasteiger partial charge in [0.2, 0.25) is 0 Å². The predicted octanol–water partition coefficient (Wildman–Crippen LogP) is 3.04. The second kappa shape index (κ2) is 13.0. The molecule has 2 rings (SSSR count). The minimum atomic E-state index is -1.09. The van der Waals surface area contributed by atoms with Gasteiger partial charge in [0.1, 0.15) is 11.6 Å². The smallest absolute Gasteiger partial charge is 0.407 e. The van der Waals surface area contributed by atoms with Gasteiger partial charge in [-0.1, -0.05) is 36.1 Å². The quantitative estimate of drug-likeness (QED) is 0.416. The van der Waals surface area contributed by atoms with Crippen LogP contribution in [0.25, 0.3) is 6.08 Å². The minimum Gasteiger partial charge on any atom is -0.467 e. The van der Waals surface area contributed by atoms with Gasteiger partial charge in [0.25, 0.3) is 5.91 Å². The van der Waals surface area contributed by atoms with Gasteiger partial charge in [0.05, 0.1) is 20.3 Å². The maximum Gasteiger partial charge on any atom is 0.407 e. The number of esters is 1. The summed E-state index contributed by atoms with van der Waals surface area (Å²) in [5.41, 5.74) is 2.14.